The number of rotatable bonds is 6. The number of carbonyl (C=O) groups is 2. The van der Waals surface area contributed by atoms with E-state index in [1.807, 2.05) is 6.92 Å². The molecule has 104 valence electrons. The Hall–Kier alpha value is -1.26. The Morgan fingerprint density at radius 1 is 1.16 bits per heavy atom. The van der Waals surface area contributed by atoms with Crippen molar-refractivity contribution in [3.8, 4) is 0 Å². The van der Waals surface area contributed by atoms with Crippen molar-refractivity contribution >= 4 is 40.8 Å². The topological polar surface area (TPSA) is 57.6 Å². The van der Waals surface area contributed by atoms with E-state index in [1.54, 1.807) is 18.2 Å². The molecule has 0 saturated heterocycles. The van der Waals surface area contributed by atoms with Crippen LogP contribution in [0.2, 0.25) is 10.0 Å². The predicted octanol–water partition coefficient (Wildman–Crippen LogP) is 3.60. The van der Waals surface area contributed by atoms with Crippen molar-refractivity contribution in [3.63, 3.8) is 0 Å². The highest BCUT2D eigenvalue weighted by Crippen LogP contribution is 2.26. The van der Waals surface area contributed by atoms with E-state index in [4.69, 9.17) is 28.3 Å². The summed E-state index contributed by atoms with van der Waals surface area (Å²) in [5.74, 6) is -1.09. The monoisotopic (exact) mass is 303 g/mol. The van der Waals surface area contributed by atoms with Gasteiger partial charge < -0.3 is 10.0 Å². The molecular weight excluding hydrogens is 289 g/mol. The Morgan fingerprint density at radius 3 is 2.21 bits per heavy atom. The summed E-state index contributed by atoms with van der Waals surface area (Å²) in [7, 11) is 0. The Kier molecular flexibility index (Phi) is 6.12. The summed E-state index contributed by atoms with van der Waals surface area (Å²) >= 11 is 11.8. The van der Waals surface area contributed by atoms with Crippen molar-refractivity contribution in [1.29, 1.82) is 0 Å². The quantitative estimate of drug-likeness (QED) is 0.873. The van der Waals surface area contributed by atoms with Crippen molar-refractivity contribution in [2.75, 3.05) is 11.4 Å². The van der Waals surface area contributed by atoms with E-state index in [-0.39, 0.29) is 18.9 Å². The second-order valence-electron chi connectivity index (χ2n) is 4.07. The smallest absolute Gasteiger partial charge is 0.305 e. The van der Waals surface area contributed by atoms with E-state index in [0.717, 1.165) is 0 Å². The van der Waals surface area contributed by atoms with E-state index in [9.17, 15) is 9.59 Å². The van der Waals surface area contributed by atoms with Crippen molar-refractivity contribution in [2.45, 2.75) is 26.2 Å². The minimum Gasteiger partial charge on any atom is -0.481 e. The number of carboxylic acid groups (broad SMARTS) is 1. The summed E-state index contributed by atoms with van der Waals surface area (Å²) < 4.78 is 0. The fourth-order valence-corrected chi connectivity index (χ4v) is 2.16. The molecule has 0 fully saturated rings. The van der Waals surface area contributed by atoms with Crippen LogP contribution in [-0.4, -0.2) is 23.5 Å². The minimum absolute atomic E-state index is 0.102. The number of carboxylic acids is 1. The number of carbonyl (C=O) groups excluding carboxylic acids is 1. The van der Waals surface area contributed by atoms with Gasteiger partial charge in [-0.15, -0.1) is 0 Å². The first kappa shape index (κ1) is 15.8. The molecule has 1 N–H and O–H groups in total. The van der Waals surface area contributed by atoms with Crippen LogP contribution in [-0.2, 0) is 9.59 Å². The van der Waals surface area contributed by atoms with Crippen LogP contribution in [0.5, 0.6) is 0 Å². The van der Waals surface area contributed by atoms with Crippen LogP contribution in [0.25, 0.3) is 0 Å². The van der Waals surface area contributed by atoms with Gasteiger partial charge in [0.2, 0.25) is 5.91 Å². The molecule has 0 bridgehead atoms. The molecule has 1 aromatic rings. The molecule has 1 amide bonds. The molecule has 0 radical (unpaired) electrons. The molecule has 6 heteroatoms. The number of anilines is 1. The van der Waals surface area contributed by atoms with E-state index in [0.29, 0.717) is 28.6 Å². The molecule has 1 aromatic carbocycles. The van der Waals surface area contributed by atoms with Crippen LogP contribution >= 0.6 is 23.2 Å². The third-order valence-corrected chi connectivity index (χ3v) is 2.91. The molecular formula is C13H15Cl2NO3. The fraction of sp³-hybridized carbons (Fsp3) is 0.385. The van der Waals surface area contributed by atoms with E-state index in [2.05, 4.69) is 0 Å². The van der Waals surface area contributed by atoms with Gasteiger partial charge in [0, 0.05) is 28.7 Å². The van der Waals surface area contributed by atoms with Gasteiger partial charge in [0.1, 0.15) is 0 Å². The Morgan fingerprint density at radius 2 is 1.74 bits per heavy atom. The Bertz CT molecular complexity index is 457. The van der Waals surface area contributed by atoms with Crippen LogP contribution in [0.15, 0.2) is 18.2 Å². The van der Waals surface area contributed by atoms with Gasteiger partial charge in [-0.3, -0.25) is 9.59 Å². The first-order valence-electron chi connectivity index (χ1n) is 5.92. The van der Waals surface area contributed by atoms with Gasteiger partial charge in [-0.2, -0.15) is 0 Å². The highest BCUT2D eigenvalue weighted by atomic mass is 35.5. The third-order valence-electron chi connectivity index (χ3n) is 2.47. The van der Waals surface area contributed by atoms with Gasteiger partial charge in [0.15, 0.2) is 0 Å². The number of hydrogen-bond donors (Lipinski definition) is 1. The standard InChI is InChI=1S/C13H15Cl2NO3/c1-2-3-12(17)16(5-4-13(18)19)11-7-9(14)6-10(15)8-11/h6-8H,2-5H2,1H3,(H,18,19). The van der Waals surface area contributed by atoms with Gasteiger partial charge in [-0.05, 0) is 24.6 Å². The second-order valence-corrected chi connectivity index (χ2v) is 4.94. The van der Waals surface area contributed by atoms with Crippen molar-refractivity contribution in [1.82, 2.24) is 0 Å². The van der Waals surface area contributed by atoms with Gasteiger partial charge >= 0.3 is 5.97 Å². The van der Waals surface area contributed by atoms with Crippen molar-refractivity contribution in [3.05, 3.63) is 28.2 Å². The van der Waals surface area contributed by atoms with Gasteiger partial charge in [0.05, 0.1) is 6.42 Å². The normalized spacial score (nSPS) is 10.3. The number of aliphatic carboxylic acids is 1. The van der Waals surface area contributed by atoms with E-state index >= 15 is 0 Å². The Balaban J connectivity index is 2.99. The fourth-order valence-electron chi connectivity index (χ4n) is 1.65. The highest BCUT2D eigenvalue weighted by molar-refractivity contribution is 6.35. The summed E-state index contributed by atoms with van der Waals surface area (Å²) in [6.07, 6.45) is 0.917. The van der Waals surface area contributed by atoms with Crippen LogP contribution in [0, 0.1) is 0 Å². The summed E-state index contributed by atoms with van der Waals surface area (Å²) in [5, 5.41) is 9.56. The zero-order valence-electron chi connectivity index (χ0n) is 10.5. The summed E-state index contributed by atoms with van der Waals surface area (Å²) in [6.45, 7) is 1.99. The number of halogens is 2. The maximum Gasteiger partial charge on any atom is 0.305 e. The zero-order chi connectivity index (χ0) is 14.4. The molecule has 0 spiro atoms. The van der Waals surface area contributed by atoms with Crippen molar-refractivity contribution in [2.24, 2.45) is 0 Å². The molecule has 0 saturated carbocycles. The van der Waals surface area contributed by atoms with Crippen LogP contribution in [0.4, 0.5) is 5.69 Å². The molecule has 19 heavy (non-hydrogen) atoms. The molecule has 0 atom stereocenters. The van der Waals surface area contributed by atoms with E-state index in [1.165, 1.54) is 4.90 Å². The SMILES string of the molecule is CCCC(=O)N(CCC(=O)O)c1cc(Cl)cc(Cl)c1. The third kappa shape index (κ3) is 5.09. The summed E-state index contributed by atoms with van der Waals surface area (Å²) in [6, 6.07) is 4.76. The van der Waals surface area contributed by atoms with Crippen LogP contribution in [0.3, 0.4) is 0 Å². The molecule has 0 heterocycles. The van der Waals surface area contributed by atoms with Crippen LogP contribution in [0.1, 0.15) is 26.2 Å². The highest BCUT2D eigenvalue weighted by Gasteiger charge is 2.17. The summed E-state index contributed by atoms with van der Waals surface area (Å²) in [4.78, 5) is 24.1. The van der Waals surface area contributed by atoms with Gasteiger partial charge in [0.25, 0.3) is 0 Å². The number of hydrogen-bond acceptors (Lipinski definition) is 2. The number of nitrogens with zero attached hydrogens (tertiary/aromatic N) is 1. The number of amides is 1. The lowest BCUT2D eigenvalue weighted by atomic mass is 10.2. The minimum atomic E-state index is -0.956. The second kappa shape index (κ2) is 7.36. The Labute approximate surface area is 121 Å². The van der Waals surface area contributed by atoms with E-state index < -0.39 is 5.97 Å². The van der Waals surface area contributed by atoms with Gasteiger partial charge in [-0.25, -0.2) is 0 Å². The summed E-state index contributed by atoms with van der Waals surface area (Å²) in [5.41, 5.74) is 0.525. The largest absolute Gasteiger partial charge is 0.481 e. The average Bonchev–Trinajstić information content (AvgIpc) is 2.27. The molecule has 0 aliphatic carbocycles. The molecule has 0 aliphatic rings. The van der Waals surface area contributed by atoms with Crippen LogP contribution < -0.4 is 4.90 Å². The zero-order valence-corrected chi connectivity index (χ0v) is 12.0. The van der Waals surface area contributed by atoms with Gasteiger partial charge in [-0.1, -0.05) is 30.1 Å². The lowest BCUT2D eigenvalue weighted by molar-refractivity contribution is -0.136. The molecule has 0 aromatic heterocycles. The lowest BCUT2D eigenvalue weighted by Crippen LogP contribution is -2.32. The molecule has 1 rings (SSSR count). The molecule has 0 unspecified atom stereocenters. The maximum absolute atomic E-state index is 12.0. The average molecular weight is 304 g/mol. The number of benzene rings is 1. The van der Waals surface area contributed by atoms with Crippen molar-refractivity contribution < 1.29 is 14.7 Å². The maximum atomic E-state index is 12.0. The first-order chi connectivity index (χ1) is 8.93. The lowest BCUT2D eigenvalue weighted by Gasteiger charge is -2.22. The molecule has 0 aliphatic heterocycles. The first-order valence-corrected chi connectivity index (χ1v) is 6.68. The molecule has 4 nitrogen and oxygen atoms in total. The predicted molar refractivity (Wildman–Crippen MR) is 76.0 cm³/mol.